The zero-order valence-electron chi connectivity index (χ0n) is 16.1. The molecule has 160 valence electrons. The maximum absolute atomic E-state index is 13.0. The molecule has 1 aliphatic heterocycles. The molecule has 1 atom stereocenters. The van der Waals surface area contributed by atoms with Gasteiger partial charge in [0.05, 0.1) is 12.2 Å². The Morgan fingerprint density at radius 3 is 2.42 bits per heavy atom. The van der Waals surface area contributed by atoms with Gasteiger partial charge in [-0.05, 0) is 24.6 Å². The summed E-state index contributed by atoms with van der Waals surface area (Å²) in [5, 5.41) is 5.17. The number of ether oxygens (including phenoxy) is 1. The predicted molar refractivity (Wildman–Crippen MR) is 107 cm³/mol. The molecule has 2 heterocycles. The molecule has 1 saturated heterocycles. The second kappa shape index (κ2) is 7.69. The SMILES string of the molecule is CC1(c2ccc(OC(F)(F)F)cc2)NC(=O)N(Cc2csc(-c3ccccc3)n2)C1=O. The molecule has 0 aliphatic carbocycles. The highest BCUT2D eigenvalue weighted by Crippen LogP contribution is 2.32. The zero-order valence-corrected chi connectivity index (χ0v) is 17.0. The summed E-state index contributed by atoms with van der Waals surface area (Å²) < 4.78 is 40.9. The minimum Gasteiger partial charge on any atom is -0.406 e. The van der Waals surface area contributed by atoms with Crippen molar-refractivity contribution in [2.45, 2.75) is 25.4 Å². The number of aromatic nitrogens is 1. The minimum absolute atomic E-state index is 0.0150. The van der Waals surface area contributed by atoms with Crippen molar-refractivity contribution in [1.82, 2.24) is 15.2 Å². The largest absolute Gasteiger partial charge is 0.573 e. The lowest BCUT2D eigenvalue weighted by Crippen LogP contribution is -2.40. The molecular formula is C21H16F3N3O3S. The van der Waals surface area contributed by atoms with Gasteiger partial charge in [0, 0.05) is 10.9 Å². The van der Waals surface area contributed by atoms with Crippen molar-refractivity contribution in [3.05, 3.63) is 71.2 Å². The monoisotopic (exact) mass is 447 g/mol. The van der Waals surface area contributed by atoms with Gasteiger partial charge < -0.3 is 10.1 Å². The van der Waals surface area contributed by atoms with Crippen molar-refractivity contribution >= 4 is 23.3 Å². The highest BCUT2D eigenvalue weighted by molar-refractivity contribution is 7.13. The molecule has 2 aromatic carbocycles. The molecule has 0 spiro atoms. The summed E-state index contributed by atoms with van der Waals surface area (Å²) in [6, 6.07) is 13.8. The molecule has 0 radical (unpaired) electrons. The number of benzene rings is 2. The van der Waals surface area contributed by atoms with Gasteiger partial charge in [-0.15, -0.1) is 24.5 Å². The lowest BCUT2D eigenvalue weighted by atomic mass is 9.92. The lowest BCUT2D eigenvalue weighted by molar-refractivity contribution is -0.274. The van der Waals surface area contributed by atoms with Crippen LogP contribution in [-0.2, 0) is 16.9 Å². The Balaban J connectivity index is 1.51. The second-order valence-corrected chi connectivity index (χ2v) is 7.89. The summed E-state index contributed by atoms with van der Waals surface area (Å²) in [5.41, 5.74) is 0.421. The number of hydrogen-bond donors (Lipinski definition) is 1. The number of nitrogens with zero attached hydrogens (tertiary/aromatic N) is 2. The molecular weight excluding hydrogens is 431 g/mol. The molecule has 0 bridgehead atoms. The van der Waals surface area contributed by atoms with Crippen molar-refractivity contribution in [1.29, 1.82) is 0 Å². The molecule has 6 nitrogen and oxygen atoms in total. The first-order chi connectivity index (χ1) is 14.7. The van der Waals surface area contributed by atoms with Crippen LogP contribution < -0.4 is 10.1 Å². The first kappa shape index (κ1) is 20.9. The second-order valence-electron chi connectivity index (χ2n) is 7.03. The van der Waals surface area contributed by atoms with Crippen molar-refractivity contribution < 1.29 is 27.5 Å². The normalized spacial score (nSPS) is 18.9. The summed E-state index contributed by atoms with van der Waals surface area (Å²) in [7, 11) is 0. The van der Waals surface area contributed by atoms with Gasteiger partial charge in [-0.2, -0.15) is 0 Å². The Kier molecular flexibility index (Phi) is 5.18. The van der Waals surface area contributed by atoms with Gasteiger partial charge in [0.1, 0.15) is 16.3 Å². The molecule has 1 unspecified atom stereocenters. The highest BCUT2D eigenvalue weighted by atomic mass is 32.1. The average Bonchev–Trinajstić information content (AvgIpc) is 3.27. The Morgan fingerprint density at radius 2 is 1.77 bits per heavy atom. The number of carbonyl (C=O) groups excluding carboxylic acids is 2. The van der Waals surface area contributed by atoms with Gasteiger partial charge in [0.15, 0.2) is 0 Å². The number of alkyl halides is 3. The van der Waals surface area contributed by atoms with E-state index < -0.39 is 29.6 Å². The molecule has 0 saturated carbocycles. The number of urea groups is 1. The maximum Gasteiger partial charge on any atom is 0.573 e. The van der Waals surface area contributed by atoms with E-state index in [1.807, 2.05) is 30.3 Å². The molecule has 1 fully saturated rings. The van der Waals surface area contributed by atoms with Crippen LogP contribution in [0.2, 0.25) is 0 Å². The van der Waals surface area contributed by atoms with Gasteiger partial charge in [0.2, 0.25) is 0 Å². The third-order valence-corrected chi connectivity index (χ3v) is 5.77. The summed E-state index contributed by atoms with van der Waals surface area (Å²) in [5.74, 6) is -0.930. The van der Waals surface area contributed by atoms with E-state index in [-0.39, 0.29) is 6.54 Å². The molecule has 31 heavy (non-hydrogen) atoms. The van der Waals surface area contributed by atoms with Crippen molar-refractivity contribution in [2.75, 3.05) is 0 Å². The Hall–Kier alpha value is -3.40. The topological polar surface area (TPSA) is 71.5 Å². The van der Waals surface area contributed by atoms with E-state index in [0.717, 1.165) is 27.6 Å². The Bertz CT molecular complexity index is 1120. The van der Waals surface area contributed by atoms with Crippen LogP contribution in [0.15, 0.2) is 60.0 Å². The number of nitrogens with one attached hydrogen (secondary N) is 1. The van der Waals surface area contributed by atoms with Crippen LogP contribution in [0.1, 0.15) is 18.2 Å². The fourth-order valence-corrected chi connectivity index (χ4v) is 4.10. The number of thiazole rings is 1. The van der Waals surface area contributed by atoms with E-state index in [1.165, 1.54) is 30.4 Å². The molecule has 1 N–H and O–H groups in total. The van der Waals surface area contributed by atoms with E-state index in [0.29, 0.717) is 11.3 Å². The lowest BCUT2D eigenvalue weighted by Gasteiger charge is -2.22. The van der Waals surface area contributed by atoms with Gasteiger partial charge in [-0.25, -0.2) is 9.78 Å². The van der Waals surface area contributed by atoms with Gasteiger partial charge in [-0.1, -0.05) is 42.5 Å². The molecule has 3 amide bonds. The van der Waals surface area contributed by atoms with Crippen LogP contribution in [0.25, 0.3) is 10.6 Å². The van der Waals surface area contributed by atoms with Crippen LogP contribution >= 0.6 is 11.3 Å². The van der Waals surface area contributed by atoms with E-state index >= 15 is 0 Å². The van der Waals surface area contributed by atoms with Crippen molar-refractivity contribution in [3.8, 4) is 16.3 Å². The van der Waals surface area contributed by atoms with Crippen LogP contribution in [0, 0.1) is 0 Å². The molecule has 4 rings (SSSR count). The van der Waals surface area contributed by atoms with Crippen LogP contribution in [0.5, 0.6) is 5.75 Å². The Morgan fingerprint density at radius 1 is 1.10 bits per heavy atom. The smallest absolute Gasteiger partial charge is 0.406 e. The minimum atomic E-state index is -4.81. The number of carbonyl (C=O) groups is 2. The number of amides is 3. The first-order valence-electron chi connectivity index (χ1n) is 9.16. The Labute approximate surface area is 179 Å². The van der Waals surface area contributed by atoms with Gasteiger partial charge in [-0.3, -0.25) is 9.69 Å². The zero-order chi connectivity index (χ0) is 22.2. The summed E-state index contributed by atoms with van der Waals surface area (Å²) in [4.78, 5) is 31.1. The highest BCUT2D eigenvalue weighted by Gasteiger charge is 2.49. The average molecular weight is 447 g/mol. The predicted octanol–water partition coefficient (Wildman–Crippen LogP) is 4.68. The quantitative estimate of drug-likeness (QED) is 0.577. The van der Waals surface area contributed by atoms with Crippen molar-refractivity contribution in [3.63, 3.8) is 0 Å². The molecule has 10 heteroatoms. The summed E-state index contributed by atoms with van der Waals surface area (Å²) in [6.45, 7) is 1.49. The van der Waals surface area contributed by atoms with Gasteiger partial charge in [0.25, 0.3) is 5.91 Å². The van der Waals surface area contributed by atoms with E-state index in [1.54, 1.807) is 5.38 Å². The number of halogens is 3. The number of rotatable bonds is 5. The number of hydrogen-bond acceptors (Lipinski definition) is 5. The fourth-order valence-electron chi connectivity index (χ4n) is 3.28. The maximum atomic E-state index is 13.0. The van der Waals surface area contributed by atoms with Gasteiger partial charge >= 0.3 is 12.4 Å². The first-order valence-corrected chi connectivity index (χ1v) is 10.0. The molecule has 3 aromatic rings. The van der Waals surface area contributed by atoms with Crippen LogP contribution in [0.3, 0.4) is 0 Å². The van der Waals surface area contributed by atoms with Crippen LogP contribution in [-0.4, -0.2) is 28.2 Å². The summed E-state index contributed by atoms with van der Waals surface area (Å²) >= 11 is 1.40. The fraction of sp³-hybridized carbons (Fsp3) is 0.190. The standard InChI is InChI=1S/C21H16F3N3O3S/c1-20(14-7-9-16(10-8-14)30-21(22,23)24)18(28)27(19(29)26-20)11-15-12-31-17(25-15)13-5-3-2-4-6-13/h2-10,12H,11H2,1H3,(H,26,29). The van der Waals surface area contributed by atoms with E-state index in [2.05, 4.69) is 15.0 Å². The summed E-state index contributed by atoms with van der Waals surface area (Å²) in [6.07, 6.45) is -4.81. The number of imide groups is 1. The van der Waals surface area contributed by atoms with E-state index in [9.17, 15) is 22.8 Å². The third kappa shape index (κ3) is 4.24. The van der Waals surface area contributed by atoms with E-state index in [4.69, 9.17) is 0 Å². The van der Waals surface area contributed by atoms with Crippen molar-refractivity contribution in [2.24, 2.45) is 0 Å². The molecule has 1 aliphatic rings. The molecule has 1 aromatic heterocycles. The van der Waals surface area contributed by atoms with Crippen LogP contribution in [0.4, 0.5) is 18.0 Å². The third-order valence-electron chi connectivity index (χ3n) is 4.83.